The molecule has 84 valence electrons. The first-order valence-corrected chi connectivity index (χ1v) is 6.91. The van der Waals surface area contributed by atoms with Crippen LogP contribution in [0.3, 0.4) is 0 Å². The van der Waals surface area contributed by atoms with Crippen molar-refractivity contribution in [1.82, 2.24) is 4.90 Å². The van der Waals surface area contributed by atoms with Crippen molar-refractivity contribution in [3.63, 3.8) is 0 Å². The van der Waals surface area contributed by atoms with E-state index in [0.717, 1.165) is 18.5 Å². The van der Waals surface area contributed by atoms with Gasteiger partial charge in [0, 0.05) is 11.8 Å². The first kappa shape index (κ1) is 12.3. The predicted molar refractivity (Wildman–Crippen MR) is 65.8 cm³/mol. The maximum absolute atomic E-state index is 5.70. The standard InChI is InChI=1S/C11H24N2S/c1-3-10(8-12)4-6-13(2)11-5-7-14-9-11/h10-11H,3-9,12H2,1-2H3. The molecule has 1 aliphatic heterocycles. The molecule has 0 aliphatic carbocycles. The second kappa shape index (κ2) is 6.70. The Morgan fingerprint density at radius 1 is 1.57 bits per heavy atom. The van der Waals surface area contributed by atoms with Gasteiger partial charge in [-0.05, 0) is 44.6 Å². The Morgan fingerprint density at radius 3 is 2.86 bits per heavy atom. The van der Waals surface area contributed by atoms with Gasteiger partial charge < -0.3 is 10.6 Å². The molecule has 0 aromatic carbocycles. The monoisotopic (exact) mass is 216 g/mol. The van der Waals surface area contributed by atoms with Gasteiger partial charge in [-0.15, -0.1) is 0 Å². The van der Waals surface area contributed by atoms with E-state index < -0.39 is 0 Å². The topological polar surface area (TPSA) is 29.3 Å². The molecule has 0 aromatic rings. The molecule has 0 radical (unpaired) electrons. The lowest BCUT2D eigenvalue weighted by Crippen LogP contribution is -2.33. The summed E-state index contributed by atoms with van der Waals surface area (Å²) in [5.74, 6) is 3.41. The number of nitrogens with two attached hydrogens (primary N) is 1. The molecule has 3 heteroatoms. The molecule has 2 nitrogen and oxygen atoms in total. The van der Waals surface area contributed by atoms with Crippen molar-refractivity contribution in [2.24, 2.45) is 11.7 Å². The van der Waals surface area contributed by atoms with Gasteiger partial charge in [0.1, 0.15) is 0 Å². The molecule has 0 saturated carbocycles. The highest BCUT2D eigenvalue weighted by atomic mass is 32.2. The van der Waals surface area contributed by atoms with E-state index in [1.54, 1.807) is 0 Å². The Labute approximate surface area is 92.6 Å². The Morgan fingerprint density at radius 2 is 2.36 bits per heavy atom. The minimum Gasteiger partial charge on any atom is -0.330 e. The third-order valence-corrected chi connectivity index (χ3v) is 4.47. The SMILES string of the molecule is CCC(CN)CCN(C)C1CCSC1. The van der Waals surface area contributed by atoms with Crippen molar-refractivity contribution >= 4 is 11.8 Å². The fourth-order valence-corrected chi connectivity index (χ4v) is 3.23. The van der Waals surface area contributed by atoms with Crippen molar-refractivity contribution < 1.29 is 0 Å². The van der Waals surface area contributed by atoms with Crippen LogP contribution in [0.2, 0.25) is 0 Å². The van der Waals surface area contributed by atoms with Crippen molar-refractivity contribution in [2.75, 3.05) is 31.6 Å². The van der Waals surface area contributed by atoms with Crippen LogP contribution in [0.25, 0.3) is 0 Å². The Balaban J connectivity index is 2.15. The number of thioether (sulfide) groups is 1. The Kier molecular flexibility index (Phi) is 5.90. The molecular weight excluding hydrogens is 192 g/mol. The van der Waals surface area contributed by atoms with Gasteiger partial charge in [-0.2, -0.15) is 11.8 Å². The normalized spacial score (nSPS) is 24.4. The minimum atomic E-state index is 0.728. The number of hydrogen-bond donors (Lipinski definition) is 1. The van der Waals surface area contributed by atoms with Crippen molar-refractivity contribution in [2.45, 2.75) is 32.2 Å². The lowest BCUT2D eigenvalue weighted by Gasteiger charge is -2.25. The summed E-state index contributed by atoms with van der Waals surface area (Å²) in [6.07, 6.45) is 3.87. The van der Waals surface area contributed by atoms with Crippen LogP contribution in [0.15, 0.2) is 0 Å². The molecule has 2 N–H and O–H groups in total. The van der Waals surface area contributed by atoms with Gasteiger partial charge in [0.05, 0.1) is 0 Å². The summed E-state index contributed by atoms with van der Waals surface area (Å²) in [4.78, 5) is 2.53. The Hall–Kier alpha value is 0.270. The van der Waals surface area contributed by atoms with E-state index >= 15 is 0 Å². The summed E-state index contributed by atoms with van der Waals surface area (Å²) in [7, 11) is 2.26. The van der Waals surface area contributed by atoms with Crippen LogP contribution in [0, 0.1) is 5.92 Å². The molecule has 0 spiro atoms. The number of nitrogens with zero attached hydrogens (tertiary/aromatic N) is 1. The van der Waals surface area contributed by atoms with Crippen LogP contribution in [0.4, 0.5) is 0 Å². The van der Waals surface area contributed by atoms with Gasteiger partial charge in [0.25, 0.3) is 0 Å². The molecule has 1 aliphatic rings. The summed E-state index contributed by atoms with van der Waals surface area (Å²) in [5, 5.41) is 0. The Bertz CT molecular complexity index is 142. The molecule has 1 saturated heterocycles. The molecule has 14 heavy (non-hydrogen) atoms. The van der Waals surface area contributed by atoms with E-state index in [2.05, 4.69) is 30.6 Å². The highest BCUT2D eigenvalue weighted by Crippen LogP contribution is 2.21. The quantitative estimate of drug-likeness (QED) is 0.734. The second-order valence-corrected chi connectivity index (χ2v) is 5.45. The van der Waals surface area contributed by atoms with Crippen LogP contribution < -0.4 is 5.73 Å². The first-order valence-electron chi connectivity index (χ1n) is 5.76. The fraction of sp³-hybridized carbons (Fsp3) is 1.00. The molecule has 0 aromatic heterocycles. The van der Waals surface area contributed by atoms with Crippen molar-refractivity contribution in [3.8, 4) is 0 Å². The smallest absolute Gasteiger partial charge is 0.0191 e. The molecule has 1 rings (SSSR count). The zero-order valence-corrected chi connectivity index (χ0v) is 10.4. The minimum absolute atomic E-state index is 0.728. The highest BCUT2D eigenvalue weighted by Gasteiger charge is 2.19. The van der Waals surface area contributed by atoms with E-state index in [4.69, 9.17) is 5.73 Å². The highest BCUT2D eigenvalue weighted by molar-refractivity contribution is 7.99. The third kappa shape index (κ3) is 3.79. The number of rotatable bonds is 6. The molecule has 1 fully saturated rings. The van der Waals surface area contributed by atoms with E-state index in [-0.39, 0.29) is 0 Å². The van der Waals surface area contributed by atoms with Crippen LogP contribution >= 0.6 is 11.8 Å². The third-order valence-electron chi connectivity index (χ3n) is 3.33. The van der Waals surface area contributed by atoms with Gasteiger partial charge in [0.2, 0.25) is 0 Å². The average Bonchev–Trinajstić information content (AvgIpc) is 2.72. The van der Waals surface area contributed by atoms with E-state index in [9.17, 15) is 0 Å². The maximum Gasteiger partial charge on any atom is 0.0191 e. The van der Waals surface area contributed by atoms with Gasteiger partial charge in [-0.25, -0.2) is 0 Å². The predicted octanol–water partition coefficient (Wildman–Crippen LogP) is 1.80. The second-order valence-electron chi connectivity index (χ2n) is 4.30. The summed E-state index contributed by atoms with van der Waals surface area (Å²) in [6.45, 7) is 4.31. The van der Waals surface area contributed by atoms with Gasteiger partial charge in [-0.1, -0.05) is 13.3 Å². The van der Waals surface area contributed by atoms with Gasteiger partial charge in [-0.3, -0.25) is 0 Å². The van der Waals surface area contributed by atoms with Gasteiger partial charge in [0.15, 0.2) is 0 Å². The summed E-state index contributed by atoms with van der Waals surface area (Å²) < 4.78 is 0. The molecule has 0 amide bonds. The van der Waals surface area contributed by atoms with E-state index in [0.29, 0.717) is 0 Å². The first-order chi connectivity index (χ1) is 6.77. The molecule has 2 atom stereocenters. The van der Waals surface area contributed by atoms with Crippen molar-refractivity contribution in [3.05, 3.63) is 0 Å². The zero-order valence-electron chi connectivity index (χ0n) is 9.54. The van der Waals surface area contributed by atoms with Crippen LogP contribution in [-0.2, 0) is 0 Å². The lowest BCUT2D eigenvalue weighted by atomic mass is 10.0. The van der Waals surface area contributed by atoms with E-state index in [1.807, 2.05) is 0 Å². The lowest BCUT2D eigenvalue weighted by molar-refractivity contribution is 0.241. The fourth-order valence-electron chi connectivity index (χ4n) is 1.93. The molecule has 0 bridgehead atoms. The summed E-state index contributed by atoms with van der Waals surface area (Å²) >= 11 is 2.09. The number of hydrogen-bond acceptors (Lipinski definition) is 3. The summed E-state index contributed by atoms with van der Waals surface area (Å²) in [5.41, 5.74) is 5.70. The largest absolute Gasteiger partial charge is 0.330 e. The van der Waals surface area contributed by atoms with Crippen molar-refractivity contribution in [1.29, 1.82) is 0 Å². The summed E-state index contributed by atoms with van der Waals surface area (Å²) in [6, 6.07) is 0.829. The average molecular weight is 216 g/mol. The van der Waals surface area contributed by atoms with Crippen LogP contribution in [-0.4, -0.2) is 42.6 Å². The van der Waals surface area contributed by atoms with E-state index in [1.165, 1.54) is 37.3 Å². The maximum atomic E-state index is 5.70. The van der Waals surface area contributed by atoms with Gasteiger partial charge >= 0.3 is 0 Å². The van der Waals surface area contributed by atoms with Crippen LogP contribution in [0.5, 0.6) is 0 Å². The van der Waals surface area contributed by atoms with Crippen LogP contribution in [0.1, 0.15) is 26.2 Å². The molecule has 1 heterocycles. The zero-order chi connectivity index (χ0) is 10.4. The molecular formula is C11H24N2S. The molecule has 2 unspecified atom stereocenters.